The molecular weight excluding hydrogens is 292 g/mol. The molecule has 0 bridgehead atoms. The molecule has 98 valence electrons. The van der Waals surface area contributed by atoms with E-state index in [1.54, 1.807) is 0 Å². The van der Waals surface area contributed by atoms with Gasteiger partial charge in [-0.05, 0) is 44.9 Å². The first kappa shape index (κ1) is 13.6. The number of rotatable bonds is 3. The first-order valence-corrected chi connectivity index (χ1v) is 7.13. The number of carbonyl (C=O) groups is 1. The van der Waals surface area contributed by atoms with Gasteiger partial charge in [0.15, 0.2) is 0 Å². The average Bonchev–Trinajstić information content (AvgIpc) is 2.78. The summed E-state index contributed by atoms with van der Waals surface area (Å²) in [5.74, 6) is 0.0863. The molecule has 1 saturated heterocycles. The van der Waals surface area contributed by atoms with E-state index >= 15 is 0 Å². The van der Waals surface area contributed by atoms with E-state index in [1.807, 2.05) is 38.1 Å². The van der Waals surface area contributed by atoms with Crippen molar-refractivity contribution in [1.82, 2.24) is 10.6 Å². The standard InChI is InChI=1S/C14H19BrN2O/c1-10(11-6-3-4-7-12(11)15)17-13(18)14(2)8-5-9-16-14/h3-4,6-7,10,16H,5,8-9H2,1-2H3,(H,17,18)/t10-,14?/m0/s1. The van der Waals surface area contributed by atoms with E-state index in [-0.39, 0.29) is 11.9 Å². The fraction of sp³-hybridized carbons (Fsp3) is 0.500. The van der Waals surface area contributed by atoms with Crippen LogP contribution in [0.1, 0.15) is 38.3 Å². The summed E-state index contributed by atoms with van der Waals surface area (Å²) in [4.78, 5) is 12.3. The van der Waals surface area contributed by atoms with Crippen molar-refractivity contribution in [2.45, 2.75) is 38.3 Å². The molecule has 3 nitrogen and oxygen atoms in total. The maximum absolute atomic E-state index is 12.3. The highest BCUT2D eigenvalue weighted by molar-refractivity contribution is 9.10. The van der Waals surface area contributed by atoms with Crippen LogP contribution in [0.3, 0.4) is 0 Å². The van der Waals surface area contributed by atoms with Crippen LogP contribution in [0.5, 0.6) is 0 Å². The molecular formula is C14H19BrN2O. The van der Waals surface area contributed by atoms with E-state index in [9.17, 15) is 4.79 Å². The van der Waals surface area contributed by atoms with Gasteiger partial charge in [0.05, 0.1) is 11.6 Å². The van der Waals surface area contributed by atoms with Gasteiger partial charge in [0.1, 0.15) is 0 Å². The molecule has 0 radical (unpaired) electrons. The fourth-order valence-electron chi connectivity index (χ4n) is 2.35. The quantitative estimate of drug-likeness (QED) is 0.901. The molecule has 1 aliphatic heterocycles. The van der Waals surface area contributed by atoms with Crippen molar-refractivity contribution in [2.75, 3.05) is 6.54 Å². The molecule has 2 rings (SSSR count). The summed E-state index contributed by atoms with van der Waals surface area (Å²) in [5.41, 5.74) is 0.697. The Hall–Kier alpha value is -0.870. The minimum atomic E-state index is -0.407. The molecule has 1 fully saturated rings. The highest BCUT2D eigenvalue weighted by Crippen LogP contribution is 2.25. The zero-order chi connectivity index (χ0) is 13.2. The first-order chi connectivity index (χ1) is 8.53. The number of hydrogen-bond acceptors (Lipinski definition) is 2. The lowest BCUT2D eigenvalue weighted by Gasteiger charge is -2.26. The largest absolute Gasteiger partial charge is 0.348 e. The summed E-state index contributed by atoms with van der Waals surface area (Å²) < 4.78 is 1.03. The number of nitrogens with one attached hydrogen (secondary N) is 2. The Balaban J connectivity index is 2.06. The minimum Gasteiger partial charge on any atom is -0.348 e. The molecule has 0 aromatic heterocycles. The Labute approximate surface area is 116 Å². The predicted molar refractivity (Wildman–Crippen MR) is 76.3 cm³/mol. The molecule has 2 atom stereocenters. The SMILES string of the molecule is C[C@H](NC(=O)C1(C)CCCN1)c1ccccc1Br. The van der Waals surface area contributed by atoms with Crippen molar-refractivity contribution in [2.24, 2.45) is 0 Å². The number of amides is 1. The second kappa shape index (κ2) is 5.41. The normalized spacial score (nSPS) is 24.8. The van der Waals surface area contributed by atoms with Crippen molar-refractivity contribution in [3.05, 3.63) is 34.3 Å². The molecule has 1 aromatic carbocycles. The van der Waals surface area contributed by atoms with Gasteiger partial charge < -0.3 is 10.6 Å². The molecule has 1 heterocycles. The van der Waals surface area contributed by atoms with E-state index in [2.05, 4.69) is 26.6 Å². The van der Waals surface area contributed by atoms with Crippen molar-refractivity contribution in [3.63, 3.8) is 0 Å². The molecule has 0 spiro atoms. The molecule has 1 aliphatic rings. The summed E-state index contributed by atoms with van der Waals surface area (Å²) in [6.07, 6.45) is 1.97. The van der Waals surface area contributed by atoms with E-state index < -0.39 is 5.54 Å². The van der Waals surface area contributed by atoms with Crippen LogP contribution in [0.15, 0.2) is 28.7 Å². The number of halogens is 1. The van der Waals surface area contributed by atoms with Crippen molar-refractivity contribution >= 4 is 21.8 Å². The summed E-state index contributed by atoms with van der Waals surface area (Å²) in [6, 6.07) is 7.99. The van der Waals surface area contributed by atoms with Crippen LogP contribution in [-0.4, -0.2) is 18.0 Å². The third-order valence-electron chi connectivity index (χ3n) is 3.59. The second-order valence-corrected chi connectivity index (χ2v) is 5.93. The number of carbonyl (C=O) groups excluding carboxylic acids is 1. The minimum absolute atomic E-state index is 0.00676. The number of benzene rings is 1. The molecule has 4 heteroatoms. The Morgan fingerprint density at radius 3 is 2.83 bits per heavy atom. The second-order valence-electron chi connectivity index (χ2n) is 5.08. The van der Waals surface area contributed by atoms with Crippen molar-refractivity contribution in [1.29, 1.82) is 0 Å². The van der Waals surface area contributed by atoms with Gasteiger partial charge in [-0.2, -0.15) is 0 Å². The highest BCUT2D eigenvalue weighted by atomic mass is 79.9. The third-order valence-corrected chi connectivity index (χ3v) is 4.31. The lowest BCUT2D eigenvalue weighted by Crippen LogP contribution is -2.51. The van der Waals surface area contributed by atoms with Crippen LogP contribution >= 0.6 is 15.9 Å². The Morgan fingerprint density at radius 1 is 1.50 bits per heavy atom. The fourth-order valence-corrected chi connectivity index (χ4v) is 2.98. The maximum Gasteiger partial charge on any atom is 0.240 e. The van der Waals surface area contributed by atoms with Crippen molar-refractivity contribution in [3.8, 4) is 0 Å². The van der Waals surface area contributed by atoms with Gasteiger partial charge in [-0.15, -0.1) is 0 Å². The van der Waals surface area contributed by atoms with Crippen LogP contribution in [0.2, 0.25) is 0 Å². The average molecular weight is 311 g/mol. The lowest BCUT2D eigenvalue weighted by atomic mass is 9.98. The van der Waals surface area contributed by atoms with Gasteiger partial charge in [0.25, 0.3) is 0 Å². The Kier molecular flexibility index (Phi) is 4.07. The predicted octanol–water partition coefficient (Wildman–Crippen LogP) is 2.77. The van der Waals surface area contributed by atoms with Crippen LogP contribution in [0, 0.1) is 0 Å². The van der Waals surface area contributed by atoms with Crippen molar-refractivity contribution < 1.29 is 4.79 Å². The Morgan fingerprint density at radius 2 is 2.22 bits per heavy atom. The summed E-state index contributed by atoms with van der Waals surface area (Å²) in [5, 5.41) is 6.37. The summed E-state index contributed by atoms with van der Waals surface area (Å²) in [6.45, 7) is 4.91. The first-order valence-electron chi connectivity index (χ1n) is 6.33. The van der Waals surface area contributed by atoms with E-state index in [0.717, 1.165) is 29.4 Å². The van der Waals surface area contributed by atoms with Gasteiger partial charge in [0.2, 0.25) is 5.91 Å². The zero-order valence-corrected chi connectivity index (χ0v) is 12.4. The molecule has 0 saturated carbocycles. The van der Waals surface area contributed by atoms with Gasteiger partial charge in [0, 0.05) is 4.47 Å². The Bertz CT molecular complexity index is 441. The number of hydrogen-bond donors (Lipinski definition) is 2. The molecule has 1 unspecified atom stereocenters. The molecule has 18 heavy (non-hydrogen) atoms. The smallest absolute Gasteiger partial charge is 0.240 e. The van der Waals surface area contributed by atoms with E-state index in [0.29, 0.717) is 0 Å². The summed E-state index contributed by atoms with van der Waals surface area (Å²) in [7, 11) is 0. The molecule has 0 aliphatic carbocycles. The monoisotopic (exact) mass is 310 g/mol. The molecule has 1 amide bonds. The van der Waals surface area contributed by atoms with E-state index in [4.69, 9.17) is 0 Å². The highest BCUT2D eigenvalue weighted by Gasteiger charge is 2.36. The van der Waals surface area contributed by atoms with Crippen LogP contribution < -0.4 is 10.6 Å². The van der Waals surface area contributed by atoms with Crippen LogP contribution in [-0.2, 0) is 4.79 Å². The topological polar surface area (TPSA) is 41.1 Å². The van der Waals surface area contributed by atoms with Gasteiger partial charge in [-0.1, -0.05) is 34.1 Å². The van der Waals surface area contributed by atoms with Crippen LogP contribution in [0.25, 0.3) is 0 Å². The van der Waals surface area contributed by atoms with Crippen LogP contribution in [0.4, 0.5) is 0 Å². The zero-order valence-electron chi connectivity index (χ0n) is 10.8. The summed E-state index contributed by atoms with van der Waals surface area (Å²) >= 11 is 3.52. The third kappa shape index (κ3) is 2.75. The molecule has 1 aromatic rings. The van der Waals surface area contributed by atoms with E-state index in [1.165, 1.54) is 0 Å². The molecule has 2 N–H and O–H groups in total. The lowest BCUT2D eigenvalue weighted by molar-refractivity contribution is -0.127. The van der Waals surface area contributed by atoms with Gasteiger partial charge in [-0.3, -0.25) is 4.79 Å². The maximum atomic E-state index is 12.3. The van der Waals surface area contributed by atoms with Gasteiger partial charge >= 0.3 is 0 Å². The van der Waals surface area contributed by atoms with Gasteiger partial charge in [-0.25, -0.2) is 0 Å².